The Morgan fingerprint density at radius 2 is 1.52 bits per heavy atom. The highest BCUT2D eigenvalue weighted by atomic mass is 79.9. The number of nitrogens with zero attached hydrogens (tertiary/aromatic N) is 3. The Labute approximate surface area is 153 Å². The summed E-state index contributed by atoms with van der Waals surface area (Å²) in [6, 6.07) is 23.4. The molecule has 2 heterocycles. The van der Waals surface area contributed by atoms with Gasteiger partial charge in [0.05, 0.1) is 22.1 Å². The number of aromatic nitrogens is 3. The summed E-state index contributed by atoms with van der Waals surface area (Å²) in [5.41, 5.74) is 4.52. The number of hydrogen-bond donors (Lipinski definition) is 0. The van der Waals surface area contributed by atoms with Crippen LogP contribution in [0.3, 0.4) is 0 Å². The topological polar surface area (TPSA) is 22.8 Å². The summed E-state index contributed by atoms with van der Waals surface area (Å²) >= 11 is 3.63. The highest BCUT2D eigenvalue weighted by Gasteiger charge is 2.17. The molecule has 122 valence electrons. The molecule has 25 heavy (non-hydrogen) atoms. The predicted molar refractivity (Wildman–Crippen MR) is 107 cm³/mol. The Morgan fingerprint density at radius 3 is 2.36 bits per heavy atom. The monoisotopic (exact) mass is 389 g/mol. The van der Waals surface area contributed by atoms with E-state index in [1.165, 1.54) is 21.8 Å². The lowest BCUT2D eigenvalue weighted by Gasteiger charge is -2.13. The summed E-state index contributed by atoms with van der Waals surface area (Å²) in [6.07, 6.45) is 0.872. The van der Waals surface area contributed by atoms with Crippen molar-refractivity contribution in [3.05, 3.63) is 77.0 Å². The Morgan fingerprint density at radius 1 is 0.800 bits per heavy atom. The summed E-state index contributed by atoms with van der Waals surface area (Å²) in [5.74, 6) is 1.06. The van der Waals surface area contributed by atoms with Gasteiger partial charge in [-0.25, -0.2) is 14.3 Å². The normalized spacial score (nSPS) is 11.8. The lowest BCUT2D eigenvalue weighted by Crippen LogP contribution is -2.12. The molecule has 0 aliphatic carbocycles. The maximum Gasteiger partial charge on any atom is 0.129 e. The van der Waals surface area contributed by atoms with E-state index in [1.54, 1.807) is 0 Å². The van der Waals surface area contributed by atoms with Crippen LogP contribution in [0.5, 0.6) is 0 Å². The Balaban J connectivity index is 2.03. The van der Waals surface area contributed by atoms with Crippen LogP contribution in [0.2, 0.25) is 0 Å². The fraction of sp³-hybridized carbons (Fsp3) is 0.0952. The van der Waals surface area contributed by atoms with E-state index < -0.39 is 0 Å². The zero-order valence-corrected chi connectivity index (χ0v) is 15.4. The first-order valence-electron chi connectivity index (χ1n) is 8.43. The molecule has 0 spiro atoms. The van der Waals surface area contributed by atoms with Crippen molar-refractivity contribution >= 4 is 48.8 Å². The summed E-state index contributed by atoms with van der Waals surface area (Å²) in [6.45, 7) is 2.15. The zero-order chi connectivity index (χ0) is 17.0. The molecule has 0 N–H and O–H groups in total. The van der Waals surface area contributed by atoms with Crippen molar-refractivity contribution in [3.63, 3.8) is 0 Å². The third kappa shape index (κ3) is 2.07. The van der Waals surface area contributed by atoms with E-state index in [-0.39, 0.29) is 0 Å². The fourth-order valence-corrected chi connectivity index (χ4v) is 4.00. The maximum absolute atomic E-state index is 4.85. The molecule has 0 aliphatic heterocycles. The van der Waals surface area contributed by atoms with Gasteiger partial charge in [0.1, 0.15) is 5.82 Å². The molecule has 0 radical (unpaired) electrons. The van der Waals surface area contributed by atoms with Crippen LogP contribution in [-0.2, 0) is 6.42 Å². The van der Waals surface area contributed by atoms with Crippen molar-refractivity contribution in [2.75, 3.05) is 0 Å². The Bertz CT molecular complexity index is 1250. The van der Waals surface area contributed by atoms with Crippen molar-refractivity contribution in [1.82, 2.24) is 14.3 Å². The minimum Gasteiger partial charge on any atom is -0.247 e. The quantitative estimate of drug-likeness (QED) is 0.375. The minimum atomic E-state index is 0.872. The third-order valence-corrected chi connectivity index (χ3v) is 5.22. The predicted octanol–water partition coefficient (Wildman–Crippen LogP) is 5.78. The number of halogens is 1. The molecule has 2 aromatic heterocycles. The van der Waals surface area contributed by atoms with E-state index in [9.17, 15) is 0 Å². The number of fused-ring (bicyclic) bond motifs is 4. The highest BCUT2D eigenvalue weighted by molar-refractivity contribution is 9.10. The molecule has 0 saturated carbocycles. The van der Waals surface area contributed by atoms with Gasteiger partial charge in [-0.15, -0.1) is 0 Å². The molecule has 0 aliphatic rings. The molecule has 0 bridgehead atoms. The van der Waals surface area contributed by atoms with Gasteiger partial charge in [0.15, 0.2) is 0 Å². The second-order valence-corrected chi connectivity index (χ2v) is 7.09. The molecule has 3 nitrogen and oxygen atoms in total. The first kappa shape index (κ1) is 14.7. The van der Waals surface area contributed by atoms with E-state index >= 15 is 0 Å². The highest BCUT2D eigenvalue weighted by Crippen LogP contribution is 2.32. The standard InChI is InChI=1S/C21H16BrN3/c1-2-21-23-17-8-4-6-10-19(17)25(21)24-18-9-5-3-7-15(18)16-12-11-14(22)13-20(16)24/h3-13H,2H2,1H3. The lowest BCUT2D eigenvalue weighted by atomic mass is 10.2. The molecule has 0 amide bonds. The lowest BCUT2D eigenvalue weighted by molar-refractivity contribution is 0.683. The summed E-state index contributed by atoms with van der Waals surface area (Å²) in [7, 11) is 0. The number of rotatable bonds is 2. The van der Waals surface area contributed by atoms with Crippen LogP contribution in [0.25, 0.3) is 32.8 Å². The van der Waals surface area contributed by atoms with Crippen molar-refractivity contribution in [1.29, 1.82) is 0 Å². The van der Waals surface area contributed by atoms with E-state index in [2.05, 4.69) is 92.9 Å². The first-order chi connectivity index (χ1) is 12.3. The first-order valence-corrected chi connectivity index (χ1v) is 9.23. The Hall–Kier alpha value is -2.59. The SMILES string of the molecule is CCc1nc2ccccc2n1-n1c2ccccc2c2ccc(Br)cc21. The average Bonchev–Trinajstić information content (AvgIpc) is 3.16. The molecular weight excluding hydrogens is 374 g/mol. The number of imidazole rings is 1. The van der Waals surface area contributed by atoms with Crippen molar-refractivity contribution in [3.8, 4) is 0 Å². The molecule has 3 aromatic carbocycles. The molecule has 0 atom stereocenters. The summed E-state index contributed by atoms with van der Waals surface area (Å²) < 4.78 is 5.63. The van der Waals surface area contributed by atoms with Crippen LogP contribution in [0, 0.1) is 0 Å². The van der Waals surface area contributed by atoms with Crippen LogP contribution in [0.4, 0.5) is 0 Å². The number of hydrogen-bond acceptors (Lipinski definition) is 1. The molecule has 4 heteroatoms. The zero-order valence-electron chi connectivity index (χ0n) is 13.8. The number of aryl methyl sites for hydroxylation is 1. The largest absolute Gasteiger partial charge is 0.247 e. The van der Waals surface area contributed by atoms with Gasteiger partial charge in [0.2, 0.25) is 0 Å². The second-order valence-electron chi connectivity index (χ2n) is 6.17. The average molecular weight is 390 g/mol. The third-order valence-electron chi connectivity index (χ3n) is 4.73. The molecule has 5 rings (SSSR count). The molecule has 0 fully saturated rings. The van der Waals surface area contributed by atoms with Crippen LogP contribution >= 0.6 is 15.9 Å². The van der Waals surface area contributed by atoms with Gasteiger partial charge in [-0.2, -0.15) is 0 Å². The molecule has 0 unspecified atom stereocenters. The van der Waals surface area contributed by atoms with Gasteiger partial charge in [0, 0.05) is 21.7 Å². The van der Waals surface area contributed by atoms with Crippen molar-refractivity contribution in [2.24, 2.45) is 0 Å². The number of benzene rings is 3. The fourth-order valence-electron chi connectivity index (χ4n) is 3.65. The molecular formula is C21H16BrN3. The van der Waals surface area contributed by atoms with Gasteiger partial charge >= 0.3 is 0 Å². The molecule has 0 saturated heterocycles. The van der Waals surface area contributed by atoms with Gasteiger partial charge in [-0.1, -0.05) is 59.3 Å². The van der Waals surface area contributed by atoms with E-state index in [1.807, 2.05) is 6.07 Å². The summed E-state index contributed by atoms with van der Waals surface area (Å²) in [5, 5.41) is 2.50. The minimum absolute atomic E-state index is 0.872. The smallest absolute Gasteiger partial charge is 0.129 e. The van der Waals surface area contributed by atoms with Crippen LogP contribution in [0.1, 0.15) is 12.7 Å². The Kier molecular flexibility index (Phi) is 3.22. The van der Waals surface area contributed by atoms with Gasteiger partial charge in [0.25, 0.3) is 0 Å². The van der Waals surface area contributed by atoms with E-state index in [0.717, 1.165) is 27.8 Å². The van der Waals surface area contributed by atoms with Gasteiger partial charge in [-0.3, -0.25) is 0 Å². The van der Waals surface area contributed by atoms with Gasteiger partial charge in [-0.05, 0) is 30.3 Å². The van der Waals surface area contributed by atoms with Gasteiger partial charge < -0.3 is 0 Å². The van der Waals surface area contributed by atoms with Crippen LogP contribution in [0.15, 0.2) is 71.2 Å². The number of para-hydroxylation sites is 3. The van der Waals surface area contributed by atoms with Crippen LogP contribution < -0.4 is 0 Å². The second kappa shape index (κ2) is 5.46. The van der Waals surface area contributed by atoms with Crippen molar-refractivity contribution < 1.29 is 0 Å². The van der Waals surface area contributed by atoms with E-state index in [4.69, 9.17) is 4.98 Å². The maximum atomic E-state index is 4.85. The van der Waals surface area contributed by atoms with E-state index in [0.29, 0.717) is 0 Å². The van der Waals surface area contributed by atoms with Crippen LogP contribution in [-0.4, -0.2) is 14.3 Å². The molecule has 5 aromatic rings. The summed E-state index contributed by atoms with van der Waals surface area (Å²) in [4.78, 5) is 4.85. The van der Waals surface area contributed by atoms with Crippen molar-refractivity contribution in [2.45, 2.75) is 13.3 Å².